The zero-order valence-electron chi connectivity index (χ0n) is 13.3. The number of ether oxygens (including phenoxy) is 1. The molecule has 1 rings (SSSR count). The number of hydrogen-bond donors (Lipinski definition) is 1. The Balaban J connectivity index is 2.26. The SMILES string of the molecule is C[C@H](NC(=O)OC(C)(C)C)C(=O)CCC1CCCCC1. The minimum atomic E-state index is -0.533. The summed E-state index contributed by atoms with van der Waals surface area (Å²) < 4.78 is 5.15. The lowest BCUT2D eigenvalue weighted by atomic mass is 9.85. The molecule has 1 aliphatic carbocycles. The Bertz CT molecular complexity index is 327. The highest BCUT2D eigenvalue weighted by Crippen LogP contribution is 2.27. The van der Waals surface area contributed by atoms with E-state index in [1.807, 2.05) is 20.8 Å². The maximum atomic E-state index is 12.0. The molecular formula is C16H29NO3. The number of ketones is 1. The third-order valence-electron chi connectivity index (χ3n) is 3.74. The average Bonchev–Trinajstić information content (AvgIpc) is 2.34. The lowest BCUT2D eigenvalue weighted by molar-refractivity contribution is -0.121. The molecule has 20 heavy (non-hydrogen) atoms. The van der Waals surface area contributed by atoms with E-state index in [4.69, 9.17) is 4.74 Å². The van der Waals surface area contributed by atoms with Crippen molar-refractivity contribution in [1.29, 1.82) is 0 Å². The molecule has 0 heterocycles. The van der Waals surface area contributed by atoms with Gasteiger partial charge in [-0.1, -0.05) is 32.1 Å². The van der Waals surface area contributed by atoms with Crippen LogP contribution in [0.1, 0.15) is 72.6 Å². The molecule has 1 aliphatic rings. The molecule has 0 aromatic heterocycles. The van der Waals surface area contributed by atoms with Gasteiger partial charge in [-0.05, 0) is 40.0 Å². The smallest absolute Gasteiger partial charge is 0.408 e. The van der Waals surface area contributed by atoms with Crippen molar-refractivity contribution in [3.63, 3.8) is 0 Å². The van der Waals surface area contributed by atoms with Gasteiger partial charge in [0.15, 0.2) is 5.78 Å². The second kappa shape index (κ2) is 7.65. The van der Waals surface area contributed by atoms with E-state index in [1.54, 1.807) is 6.92 Å². The second-order valence-corrected chi connectivity index (χ2v) is 6.88. The number of amides is 1. The molecule has 0 aliphatic heterocycles. The summed E-state index contributed by atoms with van der Waals surface area (Å²) in [5.74, 6) is 0.794. The van der Waals surface area contributed by atoms with Gasteiger partial charge >= 0.3 is 6.09 Å². The summed E-state index contributed by atoms with van der Waals surface area (Å²) in [6, 6.07) is -0.464. The van der Waals surface area contributed by atoms with Crippen LogP contribution in [-0.4, -0.2) is 23.5 Å². The Labute approximate surface area is 122 Å². The maximum Gasteiger partial charge on any atom is 0.408 e. The molecule has 0 aromatic rings. The van der Waals surface area contributed by atoms with E-state index in [-0.39, 0.29) is 5.78 Å². The van der Waals surface area contributed by atoms with Gasteiger partial charge in [0, 0.05) is 6.42 Å². The highest BCUT2D eigenvalue weighted by atomic mass is 16.6. The van der Waals surface area contributed by atoms with E-state index >= 15 is 0 Å². The van der Waals surface area contributed by atoms with Gasteiger partial charge in [0.25, 0.3) is 0 Å². The van der Waals surface area contributed by atoms with Gasteiger partial charge < -0.3 is 10.1 Å². The fourth-order valence-electron chi connectivity index (χ4n) is 2.60. The summed E-state index contributed by atoms with van der Waals surface area (Å²) in [4.78, 5) is 23.6. The van der Waals surface area contributed by atoms with E-state index in [0.29, 0.717) is 12.3 Å². The molecule has 0 aromatic carbocycles. The molecule has 116 valence electrons. The summed E-state index contributed by atoms with van der Waals surface area (Å²) in [5.41, 5.74) is -0.533. The van der Waals surface area contributed by atoms with Crippen LogP contribution in [0, 0.1) is 5.92 Å². The summed E-state index contributed by atoms with van der Waals surface area (Å²) in [7, 11) is 0. The van der Waals surface area contributed by atoms with Crippen LogP contribution in [0.5, 0.6) is 0 Å². The van der Waals surface area contributed by atoms with Gasteiger partial charge in [-0.25, -0.2) is 4.79 Å². The second-order valence-electron chi connectivity index (χ2n) is 6.88. The Kier molecular flexibility index (Phi) is 6.50. The number of alkyl carbamates (subject to hydrolysis) is 1. The molecule has 0 radical (unpaired) electrons. The van der Waals surface area contributed by atoms with Crippen molar-refractivity contribution < 1.29 is 14.3 Å². The molecular weight excluding hydrogens is 254 g/mol. The van der Waals surface area contributed by atoms with Gasteiger partial charge in [-0.2, -0.15) is 0 Å². The van der Waals surface area contributed by atoms with Crippen LogP contribution in [0.2, 0.25) is 0 Å². The van der Waals surface area contributed by atoms with Crippen LogP contribution in [0.4, 0.5) is 4.79 Å². The van der Waals surface area contributed by atoms with E-state index in [1.165, 1.54) is 32.1 Å². The van der Waals surface area contributed by atoms with Crippen molar-refractivity contribution in [2.45, 2.75) is 84.3 Å². The number of hydrogen-bond acceptors (Lipinski definition) is 3. The molecule has 0 unspecified atom stereocenters. The molecule has 0 saturated heterocycles. The quantitative estimate of drug-likeness (QED) is 0.834. The molecule has 0 bridgehead atoms. The average molecular weight is 283 g/mol. The molecule has 1 fully saturated rings. The van der Waals surface area contributed by atoms with Crippen molar-refractivity contribution >= 4 is 11.9 Å². The standard InChI is InChI=1S/C16H29NO3/c1-12(17-15(19)20-16(2,3)4)14(18)11-10-13-8-6-5-7-9-13/h12-13H,5-11H2,1-4H3,(H,17,19)/t12-/m0/s1. The Morgan fingerprint density at radius 1 is 1.20 bits per heavy atom. The molecule has 4 heteroatoms. The minimum Gasteiger partial charge on any atom is -0.444 e. The van der Waals surface area contributed by atoms with Crippen LogP contribution in [0.15, 0.2) is 0 Å². The van der Waals surface area contributed by atoms with Gasteiger partial charge in [0.1, 0.15) is 5.60 Å². The zero-order chi connectivity index (χ0) is 15.2. The van der Waals surface area contributed by atoms with Gasteiger partial charge in [0.2, 0.25) is 0 Å². The molecule has 4 nitrogen and oxygen atoms in total. The number of nitrogens with one attached hydrogen (secondary N) is 1. The largest absolute Gasteiger partial charge is 0.444 e. The molecule has 1 N–H and O–H groups in total. The predicted octanol–water partition coefficient (Wildman–Crippen LogP) is 3.83. The van der Waals surface area contributed by atoms with E-state index in [9.17, 15) is 9.59 Å². The van der Waals surface area contributed by atoms with E-state index in [0.717, 1.165) is 6.42 Å². The first kappa shape index (κ1) is 17.0. The number of carbonyl (C=O) groups is 2. The first-order valence-electron chi connectivity index (χ1n) is 7.80. The van der Waals surface area contributed by atoms with Crippen LogP contribution < -0.4 is 5.32 Å². The highest BCUT2D eigenvalue weighted by Gasteiger charge is 2.22. The van der Waals surface area contributed by atoms with Crippen molar-refractivity contribution in [3.05, 3.63) is 0 Å². The topological polar surface area (TPSA) is 55.4 Å². The van der Waals surface area contributed by atoms with Crippen molar-refractivity contribution in [1.82, 2.24) is 5.32 Å². The number of Topliss-reactive ketones (excluding diaryl/α,β-unsaturated/α-hetero) is 1. The Morgan fingerprint density at radius 2 is 1.80 bits per heavy atom. The summed E-state index contributed by atoms with van der Waals surface area (Å²) in [6.07, 6.45) is 7.43. The summed E-state index contributed by atoms with van der Waals surface area (Å²) in [6.45, 7) is 7.15. The fraction of sp³-hybridized carbons (Fsp3) is 0.875. The first-order chi connectivity index (χ1) is 9.28. The van der Waals surface area contributed by atoms with Crippen LogP contribution in [0.25, 0.3) is 0 Å². The zero-order valence-corrected chi connectivity index (χ0v) is 13.3. The molecule has 0 spiro atoms. The van der Waals surface area contributed by atoms with Crippen LogP contribution in [-0.2, 0) is 9.53 Å². The van der Waals surface area contributed by atoms with Crippen molar-refractivity contribution in [2.24, 2.45) is 5.92 Å². The van der Waals surface area contributed by atoms with Gasteiger partial charge in [-0.15, -0.1) is 0 Å². The first-order valence-corrected chi connectivity index (χ1v) is 7.80. The number of rotatable bonds is 5. The normalized spacial score (nSPS) is 18.4. The molecule has 1 atom stereocenters. The Hall–Kier alpha value is -1.06. The summed E-state index contributed by atoms with van der Waals surface area (Å²) >= 11 is 0. The lowest BCUT2D eigenvalue weighted by Gasteiger charge is -2.23. The van der Waals surface area contributed by atoms with E-state index in [2.05, 4.69) is 5.32 Å². The molecule has 1 saturated carbocycles. The minimum absolute atomic E-state index is 0.0985. The maximum absolute atomic E-state index is 12.0. The van der Waals surface area contributed by atoms with Crippen LogP contribution >= 0.6 is 0 Å². The fourth-order valence-corrected chi connectivity index (χ4v) is 2.60. The number of carbonyl (C=O) groups excluding carboxylic acids is 2. The van der Waals surface area contributed by atoms with Gasteiger partial charge in [-0.3, -0.25) is 4.79 Å². The predicted molar refractivity (Wildman–Crippen MR) is 79.6 cm³/mol. The lowest BCUT2D eigenvalue weighted by Crippen LogP contribution is -2.41. The Morgan fingerprint density at radius 3 is 2.35 bits per heavy atom. The summed E-state index contributed by atoms with van der Waals surface area (Å²) in [5, 5.41) is 2.61. The highest BCUT2D eigenvalue weighted by molar-refractivity contribution is 5.87. The van der Waals surface area contributed by atoms with Gasteiger partial charge in [0.05, 0.1) is 6.04 Å². The van der Waals surface area contributed by atoms with E-state index < -0.39 is 17.7 Å². The third-order valence-corrected chi connectivity index (χ3v) is 3.74. The van der Waals surface area contributed by atoms with Crippen molar-refractivity contribution in [2.75, 3.05) is 0 Å². The van der Waals surface area contributed by atoms with Crippen molar-refractivity contribution in [3.8, 4) is 0 Å². The third kappa shape index (κ3) is 6.92. The molecule has 1 amide bonds. The monoisotopic (exact) mass is 283 g/mol. The van der Waals surface area contributed by atoms with Crippen LogP contribution in [0.3, 0.4) is 0 Å².